The van der Waals surface area contributed by atoms with Gasteiger partial charge in [-0.15, -0.1) is 0 Å². The van der Waals surface area contributed by atoms with E-state index in [2.05, 4.69) is 17.2 Å². The van der Waals surface area contributed by atoms with E-state index in [1.807, 2.05) is 30.3 Å². The van der Waals surface area contributed by atoms with Crippen molar-refractivity contribution in [3.63, 3.8) is 0 Å². The molecular weight excluding hydrogens is 252 g/mol. The number of hydrogen-bond donors (Lipinski definition) is 1. The zero-order chi connectivity index (χ0) is 14.4. The number of nitrogens with zero attached hydrogens (tertiary/aromatic N) is 1. The van der Waals surface area contributed by atoms with Crippen LogP contribution in [0.3, 0.4) is 0 Å². The average molecular weight is 272 g/mol. The minimum Gasteiger partial charge on any atom is -0.497 e. The zero-order valence-electron chi connectivity index (χ0n) is 12.1. The normalized spacial score (nSPS) is 11.9. The molecule has 0 aliphatic heterocycles. The van der Waals surface area contributed by atoms with E-state index in [0.717, 1.165) is 17.1 Å². The van der Waals surface area contributed by atoms with Crippen molar-refractivity contribution < 1.29 is 9.47 Å². The number of rotatable bonds is 6. The van der Waals surface area contributed by atoms with Crippen LogP contribution < -0.4 is 14.8 Å². The Balaban J connectivity index is 2.06. The van der Waals surface area contributed by atoms with E-state index in [1.54, 1.807) is 26.6 Å². The van der Waals surface area contributed by atoms with Crippen molar-refractivity contribution in [2.75, 3.05) is 14.2 Å². The van der Waals surface area contributed by atoms with Crippen LogP contribution in [0, 0.1) is 0 Å². The van der Waals surface area contributed by atoms with Gasteiger partial charge in [-0.25, -0.2) is 0 Å². The second-order valence-corrected chi connectivity index (χ2v) is 4.56. The predicted octanol–water partition coefficient (Wildman–Crippen LogP) is 2.95. The molecule has 1 N–H and O–H groups in total. The highest BCUT2D eigenvalue weighted by molar-refractivity contribution is 5.40. The van der Waals surface area contributed by atoms with Crippen LogP contribution in [0.4, 0.5) is 0 Å². The monoisotopic (exact) mass is 272 g/mol. The summed E-state index contributed by atoms with van der Waals surface area (Å²) in [6.45, 7) is 2.84. The quantitative estimate of drug-likeness (QED) is 0.878. The number of benzene rings is 1. The van der Waals surface area contributed by atoms with Gasteiger partial charge in [0.15, 0.2) is 0 Å². The Morgan fingerprint density at radius 3 is 2.50 bits per heavy atom. The van der Waals surface area contributed by atoms with Gasteiger partial charge >= 0.3 is 0 Å². The van der Waals surface area contributed by atoms with Crippen LogP contribution in [-0.2, 0) is 6.54 Å². The van der Waals surface area contributed by atoms with Crippen molar-refractivity contribution in [2.45, 2.75) is 19.5 Å². The second-order valence-electron chi connectivity index (χ2n) is 4.56. The molecule has 0 bridgehead atoms. The highest BCUT2D eigenvalue weighted by atomic mass is 16.5. The maximum absolute atomic E-state index is 5.38. The molecule has 0 radical (unpaired) electrons. The van der Waals surface area contributed by atoms with Crippen LogP contribution in [0.25, 0.3) is 0 Å². The molecule has 0 saturated heterocycles. The van der Waals surface area contributed by atoms with Gasteiger partial charge < -0.3 is 14.8 Å². The Morgan fingerprint density at radius 2 is 1.85 bits per heavy atom. The zero-order valence-corrected chi connectivity index (χ0v) is 12.1. The summed E-state index contributed by atoms with van der Waals surface area (Å²) in [5.74, 6) is 1.69. The third-order valence-electron chi connectivity index (χ3n) is 3.29. The highest BCUT2D eigenvalue weighted by Crippen LogP contribution is 2.24. The van der Waals surface area contributed by atoms with E-state index in [9.17, 15) is 0 Å². The predicted molar refractivity (Wildman–Crippen MR) is 79.0 cm³/mol. The molecule has 20 heavy (non-hydrogen) atoms. The van der Waals surface area contributed by atoms with E-state index in [4.69, 9.17) is 9.47 Å². The number of aromatic nitrogens is 1. The van der Waals surface area contributed by atoms with Gasteiger partial charge in [0.05, 0.1) is 14.2 Å². The molecule has 4 nitrogen and oxygen atoms in total. The minimum absolute atomic E-state index is 0.244. The van der Waals surface area contributed by atoms with Crippen molar-refractivity contribution in [2.24, 2.45) is 0 Å². The Kier molecular flexibility index (Phi) is 4.96. The minimum atomic E-state index is 0.244. The lowest BCUT2D eigenvalue weighted by Gasteiger charge is -2.16. The smallest absolute Gasteiger partial charge is 0.123 e. The first-order chi connectivity index (χ1) is 9.74. The lowest BCUT2D eigenvalue weighted by molar-refractivity contribution is 0.395. The van der Waals surface area contributed by atoms with Crippen molar-refractivity contribution in [1.29, 1.82) is 0 Å². The fourth-order valence-corrected chi connectivity index (χ4v) is 2.05. The van der Waals surface area contributed by atoms with Crippen LogP contribution in [0.15, 0.2) is 42.7 Å². The molecule has 106 valence electrons. The van der Waals surface area contributed by atoms with Crippen molar-refractivity contribution in [1.82, 2.24) is 10.3 Å². The van der Waals surface area contributed by atoms with E-state index in [1.165, 1.54) is 5.56 Å². The summed E-state index contributed by atoms with van der Waals surface area (Å²) >= 11 is 0. The van der Waals surface area contributed by atoms with Crippen LogP contribution in [0.1, 0.15) is 24.1 Å². The van der Waals surface area contributed by atoms with E-state index in [0.29, 0.717) is 6.54 Å². The first-order valence-electron chi connectivity index (χ1n) is 6.59. The molecule has 1 aromatic heterocycles. The highest BCUT2D eigenvalue weighted by Gasteiger charge is 2.08. The summed E-state index contributed by atoms with van der Waals surface area (Å²) in [5, 5.41) is 3.48. The SMILES string of the molecule is COc1ccc(OC)c(CN[C@H](C)c2ccncc2)c1. The number of methoxy groups -OCH3 is 2. The van der Waals surface area contributed by atoms with E-state index >= 15 is 0 Å². The first kappa shape index (κ1) is 14.3. The second kappa shape index (κ2) is 6.91. The molecule has 0 amide bonds. The van der Waals surface area contributed by atoms with Gasteiger partial charge in [-0.1, -0.05) is 0 Å². The number of nitrogens with one attached hydrogen (secondary N) is 1. The van der Waals surface area contributed by atoms with Gasteiger partial charge in [0.2, 0.25) is 0 Å². The van der Waals surface area contributed by atoms with Gasteiger partial charge in [-0.3, -0.25) is 4.98 Å². The molecule has 2 rings (SSSR count). The Morgan fingerprint density at radius 1 is 1.10 bits per heavy atom. The van der Waals surface area contributed by atoms with Crippen LogP contribution in [0.2, 0.25) is 0 Å². The molecule has 0 saturated carbocycles. The molecule has 0 unspecified atom stereocenters. The van der Waals surface area contributed by atoms with E-state index in [-0.39, 0.29) is 6.04 Å². The lowest BCUT2D eigenvalue weighted by Crippen LogP contribution is -2.18. The average Bonchev–Trinajstić information content (AvgIpc) is 2.53. The summed E-state index contributed by atoms with van der Waals surface area (Å²) in [7, 11) is 3.34. The van der Waals surface area contributed by atoms with Crippen molar-refractivity contribution >= 4 is 0 Å². The van der Waals surface area contributed by atoms with Gasteiger partial charge in [0, 0.05) is 30.5 Å². The maximum atomic E-state index is 5.38. The van der Waals surface area contributed by atoms with Crippen LogP contribution >= 0.6 is 0 Å². The Labute approximate surface area is 119 Å². The van der Waals surface area contributed by atoms with Gasteiger partial charge in [-0.05, 0) is 42.8 Å². The van der Waals surface area contributed by atoms with E-state index < -0.39 is 0 Å². The summed E-state index contributed by atoms with van der Waals surface area (Å²) in [4.78, 5) is 4.03. The van der Waals surface area contributed by atoms with Crippen LogP contribution in [-0.4, -0.2) is 19.2 Å². The molecule has 1 atom stereocenters. The summed E-state index contributed by atoms with van der Waals surface area (Å²) in [6, 6.07) is 10.1. The van der Waals surface area contributed by atoms with Gasteiger partial charge in [-0.2, -0.15) is 0 Å². The largest absolute Gasteiger partial charge is 0.497 e. The molecule has 2 aromatic rings. The number of ether oxygens (including phenoxy) is 2. The summed E-state index contributed by atoms with van der Waals surface area (Å²) in [5.41, 5.74) is 2.29. The van der Waals surface area contributed by atoms with Crippen molar-refractivity contribution in [3.8, 4) is 11.5 Å². The molecule has 0 aliphatic carbocycles. The molecule has 4 heteroatoms. The number of hydrogen-bond acceptors (Lipinski definition) is 4. The standard InChI is InChI=1S/C16H20N2O2/c1-12(13-6-8-17-9-7-13)18-11-14-10-15(19-2)4-5-16(14)20-3/h4-10,12,18H,11H2,1-3H3/t12-/m1/s1. The lowest BCUT2D eigenvalue weighted by atomic mass is 10.1. The Bertz CT molecular complexity index is 543. The Hall–Kier alpha value is -2.07. The number of pyridine rings is 1. The topological polar surface area (TPSA) is 43.4 Å². The third-order valence-corrected chi connectivity index (χ3v) is 3.29. The molecule has 1 heterocycles. The van der Waals surface area contributed by atoms with Crippen molar-refractivity contribution in [3.05, 3.63) is 53.9 Å². The summed E-state index contributed by atoms with van der Waals surface area (Å²) in [6.07, 6.45) is 3.61. The molecule has 0 aliphatic rings. The van der Waals surface area contributed by atoms with Crippen LogP contribution in [0.5, 0.6) is 11.5 Å². The third kappa shape index (κ3) is 3.48. The fraction of sp³-hybridized carbons (Fsp3) is 0.312. The maximum Gasteiger partial charge on any atom is 0.123 e. The first-order valence-corrected chi connectivity index (χ1v) is 6.59. The summed E-state index contributed by atoms with van der Waals surface area (Å²) < 4.78 is 10.6. The fourth-order valence-electron chi connectivity index (χ4n) is 2.05. The van der Waals surface area contributed by atoms with Gasteiger partial charge in [0.1, 0.15) is 11.5 Å². The molecular formula is C16H20N2O2. The molecule has 0 fully saturated rings. The molecule has 1 aromatic carbocycles. The van der Waals surface area contributed by atoms with Gasteiger partial charge in [0.25, 0.3) is 0 Å². The molecule has 0 spiro atoms.